The molecule has 0 aliphatic carbocycles. The molecule has 2 fully saturated rings. The van der Waals surface area contributed by atoms with E-state index in [2.05, 4.69) is 23.0 Å². The van der Waals surface area contributed by atoms with Crippen LogP contribution in [0, 0.1) is 0 Å². The van der Waals surface area contributed by atoms with Gasteiger partial charge in [0.05, 0.1) is 10.6 Å². The van der Waals surface area contributed by atoms with Crippen molar-refractivity contribution in [1.82, 2.24) is 24.7 Å². The van der Waals surface area contributed by atoms with E-state index in [1.165, 1.54) is 11.8 Å². The zero-order valence-electron chi connectivity index (χ0n) is 19.4. The van der Waals surface area contributed by atoms with Gasteiger partial charge in [0.1, 0.15) is 10.7 Å². The molecule has 4 heterocycles. The van der Waals surface area contributed by atoms with Crippen molar-refractivity contribution in [3.8, 4) is 0 Å². The van der Waals surface area contributed by atoms with Crippen molar-refractivity contribution < 1.29 is 9.59 Å². The van der Waals surface area contributed by atoms with Gasteiger partial charge in [-0.05, 0) is 25.0 Å². The fourth-order valence-corrected chi connectivity index (χ4v) is 6.04. The van der Waals surface area contributed by atoms with Crippen molar-refractivity contribution >= 4 is 34.9 Å². The highest BCUT2D eigenvalue weighted by molar-refractivity contribution is 7.99. The number of carbonyl (C=O) groups excluding carboxylic acids is 2. The van der Waals surface area contributed by atoms with E-state index in [0.29, 0.717) is 24.3 Å². The van der Waals surface area contributed by atoms with Gasteiger partial charge in [-0.25, -0.2) is 9.97 Å². The van der Waals surface area contributed by atoms with Crippen molar-refractivity contribution in [2.24, 2.45) is 0 Å². The van der Waals surface area contributed by atoms with E-state index in [1.54, 1.807) is 17.5 Å². The lowest BCUT2D eigenvalue weighted by molar-refractivity contribution is 0.0645. The maximum atomic E-state index is 13.1. The number of amides is 2. The summed E-state index contributed by atoms with van der Waals surface area (Å²) < 4.78 is 0. The number of hydrogen-bond acceptors (Lipinski definition) is 7. The van der Waals surface area contributed by atoms with Crippen LogP contribution in [0.25, 0.3) is 0 Å². The van der Waals surface area contributed by atoms with Crippen molar-refractivity contribution in [2.75, 3.05) is 51.6 Å². The summed E-state index contributed by atoms with van der Waals surface area (Å²) in [7, 11) is 0. The molecule has 180 valence electrons. The Labute approximate surface area is 209 Å². The second kappa shape index (κ2) is 11.8. The predicted molar refractivity (Wildman–Crippen MR) is 138 cm³/mol. The Balaban J connectivity index is 1.32. The molecule has 0 saturated carbocycles. The van der Waals surface area contributed by atoms with Crippen LogP contribution >= 0.6 is 23.1 Å². The third-order valence-electron chi connectivity index (χ3n) is 6.26. The average Bonchev–Trinajstić information content (AvgIpc) is 3.38. The second-order valence-electron chi connectivity index (χ2n) is 8.47. The van der Waals surface area contributed by atoms with Crippen LogP contribution in [-0.2, 0) is 0 Å². The van der Waals surface area contributed by atoms with Gasteiger partial charge in [0.15, 0.2) is 0 Å². The van der Waals surface area contributed by atoms with Crippen molar-refractivity contribution in [3.05, 3.63) is 65.3 Å². The van der Waals surface area contributed by atoms with Gasteiger partial charge in [0.2, 0.25) is 0 Å². The summed E-state index contributed by atoms with van der Waals surface area (Å²) in [5.74, 6) is 1.05. The lowest BCUT2D eigenvalue weighted by Gasteiger charge is -2.33. The number of aromatic nitrogens is 2. The minimum Gasteiger partial charge on any atom is -0.339 e. The molecule has 0 radical (unpaired) electrons. The van der Waals surface area contributed by atoms with Crippen LogP contribution in [0.2, 0.25) is 0 Å². The molecule has 9 heteroatoms. The van der Waals surface area contributed by atoms with Crippen LogP contribution in [0.1, 0.15) is 44.6 Å². The quantitative estimate of drug-likeness (QED) is 0.408. The summed E-state index contributed by atoms with van der Waals surface area (Å²) in [5, 5.41) is 3.65. The van der Waals surface area contributed by atoms with Gasteiger partial charge in [-0.2, -0.15) is 0 Å². The van der Waals surface area contributed by atoms with Crippen LogP contribution in [0.15, 0.2) is 54.0 Å². The Bertz CT molecular complexity index is 1020. The normalized spacial score (nSPS) is 17.5. The molecule has 0 aromatic carbocycles. The fourth-order valence-electron chi connectivity index (χ4n) is 4.36. The molecule has 0 spiro atoms. The fraction of sp³-hybridized carbons (Fsp3) is 0.440. The molecule has 2 aromatic heterocycles. The van der Waals surface area contributed by atoms with Crippen LogP contribution < -0.4 is 0 Å². The topological polar surface area (TPSA) is 69.6 Å². The van der Waals surface area contributed by atoms with Gasteiger partial charge in [-0.15, -0.1) is 36.3 Å². The van der Waals surface area contributed by atoms with Crippen LogP contribution in [-0.4, -0.2) is 88.0 Å². The van der Waals surface area contributed by atoms with Crippen molar-refractivity contribution in [2.45, 2.75) is 23.8 Å². The third kappa shape index (κ3) is 5.76. The Morgan fingerprint density at radius 1 is 1.06 bits per heavy atom. The summed E-state index contributed by atoms with van der Waals surface area (Å²) in [5.41, 5.74) is 1.21. The number of nitrogens with zero attached hydrogens (tertiary/aromatic N) is 5. The Morgan fingerprint density at radius 2 is 1.79 bits per heavy atom. The molecular formula is C25H31N5O2S2. The zero-order valence-corrected chi connectivity index (χ0v) is 21.0. The number of hydrogen-bond donors (Lipinski definition) is 0. The first-order valence-corrected chi connectivity index (χ1v) is 13.5. The molecule has 2 aliphatic heterocycles. The largest absolute Gasteiger partial charge is 0.339 e. The molecule has 0 N–H and O–H groups in total. The van der Waals surface area contributed by atoms with Gasteiger partial charge in [-0.1, -0.05) is 12.2 Å². The SMILES string of the molecule is C=CCSc1ncccc1C(=O)N1CCC(c2nc(C(=O)N3CCN(CC=C)CC3)cs2)CC1. The minimum absolute atomic E-state index is 0.0227. The average molecular weight is 498 g/mol. The summed E-state index contributed by atoms with van der Waals surface area (Å²) in [6.07, 6.45) is 7.14. The third-order valence-corrected chi connectivity index (χ3v) is 8.27. The van der Waals surface area contributed by atoms with Gasteiger partial charge < -0.3 is 9.80 Å². The monoisotopic (exact) mass is 497 g/mol. The standard InChI is InChI=1S/C25H31N5O2S2/c1-3-10-28-13-15-30(16-14-28)25(32)21-18-34-22(27-21)19-7-11-29(12-8-19)24(31)20-6-5-9-26-23(20)33-17-4-2/h3-6,9,18-19H,1-2,7-8,10-17H2. The van der Waals surface area contributed by atoms with E-state index in [-0.39, 0.29) is 17.7 Å². The van der Waals surface area contributed by atoms with Crippen molar-refractivity contribution in [1.29, 1.82) is 0 Å². The van der Waals surface area contributed by atoms with Gasteiger partial charge in [0.25, 0.3) is 11.8 Å². The summed E-state index contributed by atoms with van der Waals surface area (Å²) in [6.45, 7) is 12.9. The molecule has 0 atom stereocenters. The van der Waals surface area contributed by atoms with E-state index in [0.717, 1.165) is 61.4 Å². The number of thiazole rings is 1. The lowest BCUT2D eigenvalue weighted by Crippen LogP contribution is -2.48. The summed E-state index contributed by atoms with van der Waals surface area (Å²) in [6, 6.07) is 3.66. The van der Waals surface area contributed by atoms with Gasteiger partial charge in [-0.3, -0.25) is 14.5 Å². The van der Waals surface area contributed by atoms with Crippen LogP contribution in [0.3, 0.4) is 0 Å². The summed E-state index contributed by atoms with van der Waals surface area (Å²) in [4.78, 5) is 41.3. The highest BCUT2D eigenvalue weighted by Crippen LogP contribution is 2.32. The molecule has 0 bridgehead atoms. The maximum absolute atomic E-state index is 13.1. The number of piperazine rings is 1. The maximum Gasteiger partial charge on any atom is 0.273 e. The highest BCUT2D eigenvalue weighted by Gasteiger charge is 2.29. The minimum atomic E-state index is 0.0227. The molecule has 2 aliphatic rings. The van der Waals surface area contributed by atoms with Crippen LogP contribution in [0.5, 0.6) is 0 Å². The molecule has 2 aromatic rings. The zero-order chi connectivity index (χ0) is 23.9. The van der Waals surface area contributed by atoms with Gasteiger partial charge in [0, 0.05) is 69.1 Å². The lowest BCUT2D eigenvalue weighted by atomic mass is 9.97. The van der Waals surface area contributed by atoms with Crippen LogP contribution in [0.4, 0.5) is 0 Å². The Hall–Kier alpha value is -2.49. The molecule has 2 amide bonds. The molecular weight excluding hydrogens is 466 g/mol. The van der Waals surface area contributed by atoms with E-state index in [1.807, 2.05) is 39.5 Å². The Kier molecular flexibility index (Phi) is 8.53. The second-order valence-corrected chi connectivity index (χ2v) is 10.4. The number of rotatable bonds is 8. The molecule has 0 unspecified atom stereocenters. The number of likely N-dealkylation sites (tertiary alicyclic amines) is 1. The number of thioether (sulfide) groups is 1. The molecule has 2 saturated heterocycles. The molecule has 34 heavy (non-hydrogen) atoms. The van der Waals surface area contributed by atoms with Crippen molar-refractivity contribution in [3.63, 3.8) is 0 Å². The summed E-state index contributed by atoms with van der Waals surface area (Å²) >= 11 is 3.09. The number of carbonyl (C=O) groups is 2. The smallest absolute Gasteiger partial charge is 0.273 e. The molecule has 4 rings (SSSR count). The number of piperidine rings is 1. The van der Waals surface area contributed by atoms with Gasteiger partial charge >= 0.3 is 0 Å². The first-order chi connectivity index (χ1) is 16.6. The van der Waals surface area contributed by atoms with E-state index < -0.39 is 0 Å². The number of pyridine rings is 1. The van der Waals surface area contributed by atoms with E-state index in [4.69, 9.17) is 4.98 Å². The molecule has 7 nitrogen and oxygen atoms in total. The highest BCUT2D eigenvalue weighted by atomic mass is 32.2. The first kappa shape index (κ1) is 24.6. The Morgan fingerprint density at radius 3 is 2.50 bits per heavy atom. The van der Waals surface area contributed by atoms with E-state index >= 15 is 0 Å². The first-order valence-electron chi connectivity index (χ1n) is 11.7. The van der Waals surface area contributed by atoms with E-state index in [9.17, 15) is 9.59 Å². The predicted octanol–water partition coefficient (Wildman–Crippen LogP) is 3.78.